The van der Waals surface area contributed by atoms with Crippen molar-refractivity contribution < 1.29 is 9.90 Å². The number of nitrogens with zero attached hydrogens (tertiary/aromatic N) is 1. The Balaban J connectivity index is 1.62. The summed E-state index contributed by atoms with van der Waals surface area (Å²) in [6.45, 7) is 1.75. The van der Waals surface area contributed by atoms with Crippen LogP contribution in [-0.2, 0) is 0 Å². The van der Waals surface area contributed by atoms with Crippen LogP contribution in [0.25, 0.3) is 0 Å². The molecule has 120 valence electrons. The summed E-state index contributed by atoms with van der Waals surface area (Å²) >= 11 is 0. The molecule has 2 aliphatic rings. The topological polar surface area (TPSA) is 52.6 Å². The fraction of sp³-hybridized carbons (Fsp3) is 0.611. The smallest absolute Gasteiger partial charge is 0.253 e. The summed E-state index contributed by atoms with van der Waals surface area (Å²) in [6, 6.07) is 8.46. The van der Waals surface area contributed by atoms with E-state index in [-0.39, 0.29) is 12.5 Å². The van der Waals surface area contributed by atoms with Gasteiger partial charge in [-0.3, -0.25) is 4.79 Å². The number of likely N-dealkylation sites (tertiary alicyclic amines) is 1. The van der Waals surface area contributed by atoms with Gasteiger partial charge in [-0.1, -0.05) is 18.9 Å². The maximum Gasteiger partial charge on any atom is 0.253 e. The number of carbonyl (C=O) groups excluding carboxylic acids is 1. The van der Waals surface area contributed by atoms with Crippen LogP contribution in [0.15, 0.2) is 24.3 Å². The molecule has 0 aromatic heterocycles. The summed E-state index contributed by atoms with van der Waals surface area (Å²) in [5, 5.41) is 12.7. The molecule has 0 spiro atoms. The molecular weight excluding hydrogens is 276 g/mol. The second-order valence-electron chi connectivity index (χ2n) is 6.62. The van der Waals surface area contributed by atoms with Gasteiger partial charge in [-0.25, -0.2) is 0 Å². The normalized spacial score (nSPS) is 20.3. The molecule has 22 heavy (non-hydrogen) atoms. The third-order valence-corrected chi connectivity index (χ3v) is 5.00. The number of nitrogens with one attached hydrogen (secondary N) is 1. The molecule has 1 saturated carbocycles. The Labute approximate surface area is 132 Å². The molecule has 1 saturated heterocycles. The second-order valence-corrected chi connectivity index (χ2v) is 6.62. The van der Waals surface area contributed by atoms with E-state index in [0.717, 1.165) is 37.2 Å². The highest BCUT2D eigenvalue weighted by molar-refractivity contribution is 5.95. The van der Waals surface area contributed by atoms with Crippen LogP contribution in [-0.4, -0.2) is 41.7 Å². The van der Waals surface area contributed by atoms with E-state index in [1.165, 1.54) is 25.7 Å². The number of aliphatic hydroxyl groups excluding tert-OH is 1. The Bertz CT molecular complexity index is 504. The first-order valence-corrected chi connectivity index (χ1v) is 8.53. The van der Waals surface area contributed by atoms with Gasteiger partial charge in [0.15, 0.2) is 0 Å². The summed E-state index contributed by atoms with van der Waals surface area (Å²) in [4.78, 5) is 14.5. The van der Waals surface area contributed by atoms with Crippen LogP contribution >= 0.6 is 0 Å². The van der Waals surface area contributed by atoms with Gasteiger partial charge in [0.05, 0.1) is 0 Å². The van der Waals surface area contributed by atoms with Crippen LogP contribution in [0.3, 0.4) is 0 Å². The number of aliphatic hydroxyl groups is 1. The van der Waals surface area contributed by atoms with Crippen molar-refractivity contribution in [1.82, 2.24) is 4.90 Å². The summed E-state index contributed by atoms with van der Waals surface area (Å²) in [5.74, 6) is 0.478. The molecule has 1 heterocycles. The highest BCUT2D eigenvalue weighted by Gasteiger charge is 2.23. The molecule has 1 aromatic rings. The van der Waals surface area contributed by atoms with E-state index in [4.69, 9.17) is 0 Å². The highest BCUT2D eigenvalue weighted by Crippen LogP contribution is 2.24. The van der Waals surface area contributed by atoms with Crippen LogP contribution in [0.1, 0.15) is 48.9 Å². The van der Waals surface area contributed by atoms with Crippen LogP contribution in [0, 0.1) is 5.92 Å². The zero-order valence-corrected chi connectivity index (χ0v) is 13.1. The average molecular weight is 302 g/mol. The van der Waals surface area contributed by atoms with Crippen LogP contribution in [0.5, 0.6) is 0 Å². The first-order valence-electron chi connectivity index (χ1n) is 8.53. The molecule has 2 fully saturated rings. The lowest BCUT2D eigenvalue weighted by atomic mass is 9.97. The van der Waals surface area contributed by atoms with Gasteiger partial charge in [-0.15, -0.1) is 0 Å². The Morgan fingerprint density at radius 2 is 1.91 bits per heavy atom. The molecule has 1 aliphatic heterocycles. The van der Waals surface area contributed by atoms with Crippen molar-refractivity contribution in [2.75, 3.05) is 25.0 Å². The lowest BCUT2D eigenvalue weighted by Gasteiger charge is -2.31. The summed E-state index contributed by atoms with van der Waals surface area (Å²) < 4.78 is 0. The predicted octanol–water partition coefficient (Wildman–Crippen LogP) is 2.89. The predicted molar refractivity (Wildman–Crippen MR) is 88.0 cm³/mol. The van der Waals surface area contributed by atoms with Gasteiger partial charge in [0.2, 0.25) is 0 Å². The van der Waals surface area contributed by atoms with E-state index in [9.17, 15) is 9.90 Å². The third-order valence-electron chi connectivity index (χ3n) is 5.00. The molecule has 0 unspecified atom stereocenters. The molecule has 3 rings (SSSR count). The van der Waals surface area contributed by atoms with Crippen molar-refractivity contribution in [1.29, 1.82) is 0 Å². The van der Waals surface area contributed by atoms with E-state index in [2.05, 4.69) is 5.32 Å². The van der Waals surface area contributed by atoms with E-state index in [1.807, 2.05) is 29.2 Å². The lowest BCUT2D eigenvalue weighted by Crippen LogP contribution is -2.39. The largest absolute Gasteiger partial charge is 0.396 e. The van der Waals surface area contributed by atoms with Crippen molar-refractivity contribution in [2.24, 2.45) is 5.92 Å². The van der Waals surface area contributed by atoms with Gasteiger partial charge < -0.3 is 15.3 Å². The summed E-state index contributed by atoms with van der Waals surface area (Å²) in [5.41, 5.74) is 1.83. The first-order chi connectivity index (χ1) is 10.8. The van der Waals surface area contributed by atoms with Crippen LogP contribution < -0.4 is 5.32 Å². The van der Waals surface area contributed by atoms with Gasteiger partial charge in [0, 0.05) is 37.0 Å². The molecule has 2 N–H and O–H groups in total. The standard InChI is InChI=1S/C18H26N2O2/c21-13-14-8-10-20(11-9-14)18(22)15-4-3-7-17(12-15)19-16-5-1-2-6-16/h3-4,7,12,14,16,19,21H,1-2,5-6,8-11,13H2. The number of hydrogen-bond acceptors (Lipinski definition) is 3. The van der Waals surface area contributed by atoms with Crippen molar-refractivity contribution >= 4 is 11.6 Å². The fourth-order valence-electron chi connectivity index (χ4n) is 3.55. The molecule has 0 bridgehead atoms. The minimum absolute atomic E-state index is 0.117. The number of rotatable bonds is 4. The molecule has 1 amide bonds. The second kappa shape index (κ2) is 7.14. The van der Waals surface area contributed by atoms with Gasteiger partial charge in [0.25, 0.3) is 5.91 Å². The molecule has 0 radical (unpaired) electrons. The van der Waals surface area contributed by atoms with Gasteiger partial charge in [-0.05, 0) is 49.8 Å². The van der Waals surface area contributed by atoms with Gasteiger partial charge in [0.1, 0.15) is 0 Å². The molecular formula is C18H26N2O2. The average Bonchev–Trinajstić information content (AvgIpc) is 3.07. The maximum absolute atomic E-state index is 12.6. The zero-order chi connectivity index (χ0) is 15.4. The quantitative estimate of drug-likeness (QED) is 0.899. The van der Waals surface area contributed by atoms with Crippen molar-refractivity contribution in [3.63, 3.8) is 0 Å². The number of hydrogen-bond donors (Lipinski definition) is 2. The monoisotopic (exact) mass is 302 g/mol. The van der Waals surface area contributed by atoms with E-state index in [1.54, 1.807) is 0 Å². The van der Waals surface area contributed by atoms with Crippen LogP contribution in [0.4, 0.5) is 5.69 Å². The Morgan fingerprint density at radius 3 is 2.59 bits per heavy atom. The fourth-order valence-corrected chi connectivity index (χ4v) is 3.55. The molecule has 1 aromatic carbocycles. The summed E-state index contributed by atoms with van der Waals surface area (Å²) in [6.07, 6.45) is 6.87. The molecule has 0 atom stereocenters. The van der Waals surface area contributed by atoms with E-state index < -0.39 is 0 Å². The van der Waals surface area contributed by atoms with Crippen molar-refractivity contribution in [2.45, 2.75) is 44.6 Å². The number of piperidine rings is 1. The number of carbonyl (C=O) groups is 1. The first kappa shape index (κ1) is 15.3. The van der Waals surface area contributed by atoms with Crippen molar-refractivity contribution in [3.8, 4) is 0 Å². The number of amides is 1. The molecule has 4 heteroatoms. The number of benzene rings is 1. The molecule has 1 aliphatic carbocycles. The highest BCUT2D eigenvalue weighted by atomic mass is 16.3. The van der Waals surface area contributed by atoms with E-state index in [0.29, 0.717) is 12.0 Å². The third kappa shape index (κ3) is 3.61. The minimum atomic E-state index is 0.117. The Kier molecular flexibility index (Phi) is 4.98. The SMILES string of the molecule is O=C(c1cccc(NC2CCCC2)c1)N1CCC(CO)CC1. The zero-order valence-electron chi connectivity index (χ0n) is 13.1. The lowest BCUT2D eigenvalue weighted by molar-refractivity contribution is 0.0651. The van der Waals surface area contributed by atoms with Crippen molar-refractivity contribution in [3.05, 3.63) is 29.8 Å². The summed E-state index contributed by atoms with van der Waals surface area (Å²) in [7, 11) is 0. The van der Waals surface area contributed by atoms with Crippen LogP contribution in [0.2, 0.25) is 0 Å². The maximum atomic E-state index is 12.6. The molecule has 4 nitrogen and oxygen atoms in total. The Hall–Kier alpha value is -1.55. The van der Waals surface area contributed by atoms with E-state index >= 15 is 0 Å². The van der Waals surface area contributed by atoms with Gasteiger partial charge in [-0.2, -0.15) is 0 Å². The minimum Gasteiger partial charge on any atom is -0.396 e. The van der Waals surface area contributed by atoms with Gasteiger partial charge >= 0.3 is 0 Å². The number of anilines is 1. The Morgan fingerprint density at radius 1 is 1.18 bits per heavy atom.